The van der Waals surface area contributed by atoms with Crippen molar-refractivity contribution in [2.24, 2.45) is 5.92 Å². The topological polar surface area (TPSA) is 0 Å². The summed E-state index contributed by atoms with van der Waals surface area (Å²) in [6.45, 7) is 6.89. The Kier molecular flexibility index (Phi) is 9.45. The molecule has 0 heterocycles. The zero-order chi connectivity index (χ0) is 14.6. The van der Waals surface area contributed by atoms with E-state index < -0.39 is 0 Å². The third-order valence-electron chi connectivity index (χ3n) is 4.46. The second-order valence-electron chi connectivity index (χ2n) is 6.43. The molecule has 0 heteroatoms. The van der Waals surface area contributed by atoms with Crippen molar-refractivity contribution in [2.45, 2.75) is 84.5 Å². The van der Waals surface area contributed by atoms with Gasteiger partial charge in [-0.05, 0) is 30.2 Å². The van der Waals surface area contributed by atoms with Crippen LogP contribution in [0.25, 0.3) is 0 Å². The van der Waals surface area contributed by atoms with E-state index in [0.717, 1.165) is 11.8 Å². The minimum absolute atomic E-state index is 0.793. The molecule has 1 unspecified atom stereocenters. The lowest BCUT2D eigenvalue weighted by Gasteiger charge is -2.15. The first-order valence-corrected chi connectivity index (χ1v) is 8.82. The maximum absolute atomic E-state index is 2.34. The number of hydrogen-bond acceptors (Lipinski definition) is 0. The van der Waals surface area contributed by atoms with Crippen molar-refractivity contribution in [3.8, 4) is 0 Å². The van der Waals surface area contributed by atoms with Crippen molar-refractivity contribution < 1.29 is 0 Å². The Balaban J connectivity index is 0.000000276. The zero-order valence-corrected chi connectivity index (χ0v) is 13.9. The molecule has 20 heavy (non-hydrogen) atoms. The number of benzene rings is 1. The molecule has 0 bridgehead atoms. The summed E-state index contributed by atoms with van der Waals surface area (Å²) >= 11 is 0. The molecule has 1 fully saturated rings. The Bertz CT molecular complexity index is 308. The third-order valence-corrected chi connectivity index (χ3v) is 4.46. The van der Waals surface area contributed by atoms with Crippen molar-refractivity contribution in [1.29, 1.82) is 0 Å². The largest absolute Gasteiger partial charge is 0.0654 e. The summed E-state index contributed by atoms with van der Waals surface area (Å²) < 4.78 is 0. The quantitative estimate of drug-likeness (QED) is 0.526. The van der Waals surface area contributed by atoms with Gasteiger partial charge in [-0.25, -0.2) is 0 Å². The van der Waals surface area contributed by atoms with E-state index in [2.05, 4.69) is 51.1 Å². The number of rotatable bonds is 6. The summed E-state index contributed by atoms with van der Waals surface area (Å²) in [6.07, 6.45) is 12.6. The smallest absolute Gasteiger partial charge is 0.0162 e. The standard InChI is InChI=1S/C14H22.C6H12/c1-3-5-10-13(9-4-2)14-11-7-6-8-12-14;1-6-4-2-3-5-6/h6-8,11-13H,3-5,9-10H2,1-2H3;6H,2-5H2,1H3. The summed E-state index contributed by atoms with van der Waals surface area (Å²) in [5, 5.41) is 0. The van der Waals surface area contributed by atoms with E-state index in [1.165, 1.54) is 63.4 Å². The Morgan fingerprint density at radius 1 is 0.950 bits per heavy atom. The number of unbranched alkanes of at least 4 members (excludes halogenated alkanes) is 1. The van der Waals surface area contributed by atoms with E-state index >= 15 is 0 Å². The first kappa shape index (κ1) is 17.3. The van der Waals surface area contributed by atoms with Gasteiger partial charge in [-0.3, -0.25) is 0 Å². The molecule has 1 aliphatic carbocycles. The lowest BCUT2D eigenvalue weighted by Crippen LogP contribution is -1.98. The molecule has 1 saturated carbocycles. The van der Waals surface area contributed by atoms with Gasteiger partial charge in [-0.15, -0.1) is 0 Å². The van der Waals surface area contributed by atoms with Crippen molar-refractivity contribution in [1.82, 2.24) is 0 Å². The first-order chi connectivity index (χ1) is 9.77. The van der Waals surface area contributed by atoms with Gasteiger partial charge in [0.2, 0.25) is 0 Å². The highest BCUT2D eigenvalue weighted by atomic mass is 14.1. The van der Waals surface area contributed by atoms with Crippen molar-refractivity contribution in [3.63, 3.8) is 0 Å². The van der Waals surface area contributed by atoms with Crippen LogP contribution in [0, 0.1) is 5.92 Å². The molecule has 0 amide bonds. The maximum atomic E-state index is 2.34. The van der Waals surface area contributed by atoms with Crippen molar-refractivity contribution in [3.05, 3.63) is 35.9 Å². The van der Waals surface area contributed by atoms with Gasteiger partial charge in [0.05, 0.1) is 0 Å². The van der Waals surface area contributed by atoms with E-state index in [4.69, 9.17) is 0 Å². The van der Waals surface area contributed by atoms with E-state index in [0.29, 0.717) is 0 Å². The lowest BCUT2D eigenvalue weighted by molar-refractivity contribution is 0.541. The SMILES string of the molecule is CC1CCCC1.CCCCC(CCC)c1ccccc1. The minimum atomic E-state index is 0.793. The second-order valence-corrected chi connectivity index (χ2v) is 6.43. The average molecular weight is 274 g/mol. The first-order valence-electron chi connectivity index (χ1n) is 8.82. The van der Waals surface area contributed by atoms with Gasteiger partial charge in [0.1, 0.15) is 0 Å². The molecule has 0 saturated heterocycles. The van der Waals surface area contributed by atoms with Crippen molar-refractivity contribution in [2.75, 3.05) is 0 Å². The summed E-state index contributed by atoms with van der Waals surface area (Å²) in [7, 11) is 0. The average Bonchev–Trinajstić information content (AvgIpc) is 2.96. The van der Waals surface area contributed by atoms with Crippen LogP contribution in [0.5, 0.6) is 0 Å². The Morgan fingerprint density at radius 2 is 1.60 bits per heavy atom. The lowest BCUT2D eigenvalue weighted by atomic mass is 9.90. The highest BCUT2D eigenvalue weighted by Crippen LogP contribution is 2.26. The Hall–Kier alpha value is -0.780. The van der Waals surface area contributed by atoms with Gasteiger partial charge in [0.15, 0.2) is 0 Å². The molecule has 0 aliphatic heterocycles. The van der Waals surface area contributed by atoms with E-state index in [1.54, 1.807) is 0 Å². The van der Waals surface area contributed by atoms with Crippen LogP contribution >= 0.6 is 0 Å². The Labute approximate surface area is 127 Å². The van der Waals surface area contributed by atoms with Crippen LogP contribution in [0.2, 0.25) is 0 Å². The molecule has 0 spiro atoms. The van der Waals surface area contributed by atoms with E-state index in [-0.39, 0.29) is 0 Å². The fourth-order valence-corrected chi connectivity index (χ4v) is 3.13. The summed E-state index contributed by atoms with van der Waals surface area (Å²) in [5.41, 5.74) is 1.53. The number of hydrogen-bond donors (Lipinski definition) is 0. The molecule has 0 aromatic heterocycles. The van der Waals surface area contributed by atoms with Gasteiger partial charge in [0.25, 0.3) is 0 Å². The van der Waals surface area contributed by atoms with E-state index in [9.17, 15) is 0 Å². The summed E-state index contributed by atoms with van der Waals surface area (Å²) in [5.74, 6) is 1.84. The molecule has 0 radical (unpaired) electrons. The fourth-order valence-electron chi connectivity index (χ4n) is 3.13. The molecule has 114 valence electrons. The highest BCUT2D eigenvalue weighted by Gasteiger charge is 2.08. The van der Waals surface area contributed by atoms with Gasteiger partial charge in [-0.1, -0.05) is 96.0 Å². The fraction of sp³-hybridized carbons (Fsp3) is 0.700. The molecular weight excluding hydrogens is 240 g/mol. The maximum Gasteiger partial charge on any atom is -0.0162 e. The van der Waals surface area contributed by atoms with Gasteiger partial charge in [-0.2, -0.15) is 0 Å². The molecule has 0 nitrogen and oxygen atoms in total. The molecular formula is C20H34. The molecule has 1 aromatic carbocycles. The second kappa shape index (κ2) is 10.9. The van der Waals surface area contributed by atoms with E-state index in [1.807, 2.05) is 0 Å². The highest BCUT2D eigenvalue weighted by molar-refractivity contribution is 5.19. The molecule has 0 N–H and O–H groups in total. The molecule has 1 aromatic rings. The van der Waals surface area contributed by atoms with Crippen LogP contribution < -0.4 is 0 Å². The van der Waals surface area contributed by atoms with Crippen LogP contribution in [0.15, 0.2) is 30.3 Å². The molecule has 2 rings (SSSR count). The monoisotopic (exact) mass is 274 g/mol. The van der Waals surface area contributed by atoms with Crippen LogP contribution in [0.4, 0.5) is 0 Å². The normalized spacial score (nSPS) is 16.6. The molecule has 1 aliphatic rings. The minimum Gasteiger partial charge on any atom is -0.0654 e. The molecule has 1 atom stereocenters. The van der Waals surface area contributed by atoms with Gasteiger partial charge >= 0.3 is 0 Å². The zero-order valence-electron chi connectivity index (χ0n) is 13.9. The predicted molar refractivity (Wildman–Crippen MR) is 91.2 cm³/mol. The van der Waals surface area contributed by atoms with Crippen LogP contribution in [-0.2, 0) is 0 Å². The van der Waals surface area contributed by atoms with Crippen LogP contribution in [0.3, 0.4) is 0 Å². The van der Waals surface area contributed by atoms with Gasteiger partial charge < -0.3 is 0 Å². The summed E-state index contributed by atoms with van der Waals surface area (Å²) in [6, 6.07) is 11.0. The summed E-state index contributed by atoms with van der Waals surface area (Å²) in [4.78, 5) is 0. The predicted octanol–water partition coefficient (Wildman–Crippen LogP) is 6.96. The third kappa shape index (κ3) is 7.12. The van der Waals surface area contributed by atoms with Crippen LogP contribution in [-0.4, -0.2) is 0 Å². The van der Waals surface area contributed by atoms with Crippen molar-refractivity contribution >= 4 is 0 Å². The Morgan fingerprint density at radius 3 is 2.05 bits per heavy atom. The van der Waals surface area contributed by atoms with Crippen LogP contribution in [0.1, 0.15) is 90.0 Å². The van der Waals surface area contributed by atoms with Gasteiger partial charge in [0, 0.05) is 0 Å².